The average Bonchev–Trinajstić information content (AvgIpc) is 2.49. The lowest BCUT2D eigenvalue weighted by Crippen LogP contribution is -1.79. The largest absolute Gasteiger partial charge is 0.493 e. The molecule has 16 heavy (non-hydrogen) atoms. The van der Waals surface area contributed by atoms with Crippen LogP contribution in [0.15, 0.2) is 33.9 Å². The summed E-state index contributed by atoms with van der Waals surface area (Å²) in [7, 11) is -5.05. The van der Waals surface area contributed by atoms with E-state index in [1.807, 2.05) is 0 Å². The van der Waals surface area contributed by atoms with E-state index in [4.69, 9.17) is 0 Å². The monoisotopic (exact) mass is 243 g/mol. The summed E-state index contributed by atoms with van der Waals surface area (Å²) in [6.45, 7) is 0. The molecule has 84 valence electrons. The van der Waals surface area contributed by atoms with Crippen LogP contribution in [0.25, 0.3) is 10.9 Å². The van der Waals surface area contributed by atoms with E-state index in [9.17, 15) is 17.4 Å². The van der Waals surface area contributed by atoms with Crippen molar-refractivity contribution in [1.82, 2.24) is 4.98 Å². The molecule has 1 heterocycles. The van der Waals surface area contributed by atoms with Gasteiger partial charge in [-0.15, -0.1) is 5.11 Å². The van der Waals surface area contributed by atoms with Gasteiger partial charge >= 0.3 is 10.4 Å². The minimum absolute atomic E-state index is 0.114. The number of rotatable bonds is 2. The van der Waals surface area contributed by atoms with E-state index in [2.05, 4.69) is 14.6 Å². The molecule has 1 aromatic carbocycles. The summed E-state index contributed by atoms with van der Waals surface area (Å²) in [5, 5.41) is 13.0. The van der Waals surface area contributed by atoms with Crippen LogP contribution in [0.1, 0.15) is 0 Å². The van der Waals surface area contributed by atoms with Crippen molar-refractivity contribution in [3.8, 4) is 5.88 Å². The molecule has 0 saturated heterocycles. The number of hydrogen-bond donors (Lipinski definition) is 2. The number of benzene rings is 1. The van der Waals surface area contributed by atoms with Gasteiger partial charge in [0.05, 0.1) is 5.52 Å². The number of para-hydroxylation sites is 1. The highest BCUT2D eigenvalue weighted by atomic mass is 32.3. The predicted octanol–water partition coefficient (Wildman–Crippen LogP) is 2.17. The van der Waals surface area contributed by atoms with Crippen LogP contribution in [0.2, 0.25) is 0 Å². The zero-order chi connectivity index (χ0) is 11.8. The van der Waals surface area contributed by atoms with Crippen molar-refractivity contribution in [3.63, 3.8) is 0 Å². The van der Waals surface area contributed by atoms with Gasteiger partial charge in [0.25, 0.3) is 0 Å². The molecular weight excluding hydrogens is 237 g/mol. The maximum Gasteiger partial charge on any atom is 0.435 e. The molecule has 0 fully saturated rings. The summed E-state index contributed by atoms with van der Waals surface area (Å²) < 4.78 is 34.9. The third-order valence-electron chi connectivity index (χ3n) is 1.90. The number of aromatic nitrogens is 1. The Morgan fingerprint density at radius 1 is 1.31 bits per heavy atom. The molecule has 0 aliphatic carbocycles. The van der Waals surface area contributed by atoms with Crippen LogP contribution in [0.5, 0.6) is 5.88 Å². The molecule has 0 aliphatic heterocycles. The minimum Gasteiger partial charge on any atom is -0.493 e. The Balaban J connectivity index is 2.60. The van der Waals surface area contributed by atoms with Gasteiger partial charge in [-0.1, -0.05) is 22.1 Å². The number of H-pyrrole nitrogens is 1. The van der Waals surface area contributed by atoms with Crippen LogP contribution in [-0.4, -0.2) is 18.5 Å². The first-order valence-electron chi connectivity index (χ1n) is 4.14. The van der Waals surface area contributed by atoms with Crippen molar-refractivity contribution in [2.24, 2.45) is 9.63 Å². The first kappa shape index (κ1) is 10.6. The van der Waals surface area contributed by atoms with Gasteiger partial charge in [-0.05, 0) is 10.6 Å². The topological polar surface area (TPSA) is 94.9 Å². The van der Waals surface area contributed by atoms with Gasteiger partial charge in [0.2, 0.25) is 5.88 Å². The van der Waals surface area contributed by atoms with Gasteiger partial charge in [-0.3, -0.25) is 0 Å². The quantitative estimate of drug-likeness (QED) is 0.625. The van der Waals surface area contributed by atoms with Crippen LogP contribution >= 0.6 is 0 Å². The van der Waals surface area contributed by atoms with Crippen molar-refractivity contribution in [1.29, 1.82) is 0 Å². The van der Waals surface area contributed by atoms with E-state index in [1.165, 1.54) is 0 Å². The fraction of sp³-hybridized carbons (Fsp3) is 0. The molecule has 0 unspecified atom stereocenters. The molecule has 2 rings (SSSR count). The number of halogens is 1. The Hall–Kier alpha value is -1.96. The number of hydrogen-bond acceptors (Lipinski definition) is 4. The maximum atomic E-state index is 12.1. The third kappa shape index (κ3) is 2.01. The van der Waals surface area contributed by atoms with Crippen LogP contribution in [0.3, 0.4) is 0 Å². The maximum absolute atomic E-state index is 12.1. The van der Waals surface area contributed by atoms with Crippen molar-refractivity contribution < 1.29 is 17.4 Å². The summed E-state index contributed by atoms with van der Waals surface area (Å²) in [5.41, 5.74) is 0.432. The number of fused-ring (bicyclic) bond motifs is 1. The summed E-state index contributed by atoms with van der Waals surface area (Å²) in [6, 6.07) is 6.62. The Morgan fingerprint density at radius 2 is 2.00 bits per heavy atom. The van der Waals surface area contributed by atoms with Gasteiger partial charge in [0.15, 0.2) is 5.69 Å². The van der Waals surface area contributed by atoms with E-state index < -0.39 is 10.4 Å². The van der Waals surface area contributed by atoms with Crippen molar-refractivity contribution in [2.45, 2.75) is 0 Å². The molecule has 6 nitrogen and oxygen atoms in total. The highest BCUT2D eigenvalue weighted by molar-refractivity contribution is 7.84. The van der Waals surface area contributed by atoms with Gasteiger partial charge in [-0.2, -0.15) is 8.42 Å². The molecule has 0 saturated carbocycles. The molecule has 1 aromatic heterocycles. The van der Waals surface area contributed by atoms with Crippen LogP contribution in [0.4, 0.5) is 9.57 Å². The molecule has 8 heteroatoms. The first-order valence-corrected chi connectivity index (χ1v) is 5.49. The fourth-order valence-corrected chi connectivity index (χ4v) is 1.48. The standard InChI is InChI=1S/C8H6FN3O3S/c9-16(14,15)12-11-7-5-3-1-2-4-6(5)10-8(7)13/h1-4,10,13H. The molecular formula is C8H6FN3O3S. The Kier molecular flexibility index (Phi) is 2.35. The second kappa shape index (κ2) is 3.56. The van der Waals surface area contributed by atoms with Gasteiger partial charge < -0.3 is 10.1 Å². The van der Waals surface area contributed by atoms with Crippen LogP contribution < -0.4 is 0 Å². The summed E-state index contributed by atoms with van der Waals surface area (Å²) >= 11 is 0. The second-order valence-electron chi connectivity index (χ2n) is 2.96. The van der Waals surface area contributed by atoms with Crippen LogP contribution in [-0.2, 0) is 10.4 Å². The minimum atomic E-state index is -5.05. The van der Waals surface area contributed by atoms with E-state index in [-0.39, 0.29) is 11.6 Å². The zero-order valence-electron chi connectivity index (χ0n) is 7.75. The molecule has 0 spiro atoms. The normalized spacial score (nSPS) is 12.6. The van der Waals surface area contributed by atoms with Crippen molar-refractivity contribution >= 4 is 27.0 Å². The number of nitrogens with zero attached hydrogens (tertiary/aromatic N) is 2. The molecule has 0 bridgehead atoms. The number of nitrogens with one attached hydrogen (secondary N) is 1. The van der Waals surface area contributed by atoms with Gasteiger partial charge in [0, 0.05) is 5.39 Å². The Labute approximate surface area is 89.8 Å². The highest BCUT2D eigenvalue weighted by Crippen LogP contribution is 2.35. The van der Waals surface area contributed by atoms with Crippen molar-refractivity contribution in [3.05, 3.63) is 24.3 Å². The van der Waals surface area contributed by atoms with Gasteiger partial charge in [0.1, 0.15) is 0 Å². The predicted molar refractivity (Wildman–Crippen MR) is 54.5 cm³/mol. The summed E-state index contributed by atoms with van der Waals surface area (Å²) in [4.78, 5) is 2.55. The Bertz CT molecular complexity index is 662. The van der Waals surface area contributed by atoms with E-state index in [0.29, 0.717) is 10.9 Å². The fourth-order valence-electron chi connectivity index (χ4n) is 1.30. The molecule has 0 amide bonds. The first-order chi connectivity index (χ1) is 7.47. The summed E-state index contributed by atoms with van der Waals surface area (Å²) in [6.07, 6.45) is 0. The van der Waals surface area contributed by atoms with E-state index in [0.717, 1.165) is 0 Å². The highest BCUT2D eigenvalue weighted by Gasteiger charge is 2.11. The van der Waals surface area contributed by atoms with E-state index >= 15 is 0 Å². The molecule has 2 aromatic rings. The molecule has 0 aliphatic rings. The van der Waals surface area contributed by atoms with E-state index in [1.54, 1.807) is 24.3 Å². The van der Waals surface area contributed by atoms with Crippen LogP contribution in [0, 0.1) is 0 Å². The lowest BCUT2D eigenvalue weighted by Gasteiger charge is -1.88. The Morgan fingerprint density at radius 3 is 2.69 bits per heavy atom. The van der Waals surface area contributed by atoms with Crippen molar-refractivity contribution in [2.75, 3.05) is 0 Å². The average molecular weight is 243 g/mol. The number of aromatic hydroxyl groups is 1. The molecule has 0 atom stereocenters. The van der Waals surface area contributed by atoms with Gasteiger partial charge in [-0.25, -0.2) is 0 Å². The lowest BCUT2D eigenvalue weighted by atomic mass is 10.2. The second-order valence-corrected chi connectivity index (χ2v) is 3.95. The molecule has 2 N–H and O–H groups in total. The number of aromatic amines is 1. The lowest BCUT2D eigenvalue weighted by molar-refractivity contribution is 0.459. The smallest absolute Gasteiger partial charge is 0.435 e. The molecule has 0 radical (unpaired) electrons. The zero-order valence-corrected chi connectivity index (χ0v) is 8.57. The SMILES string of the molecule is O=S(=O)(F)N=Nc1c(O)[nH]c2ccccc12. The third-order valence-corrected chi connectivity index (χ3v) is 2.17. The summed E-state index contributed by atoms with van der Waals surface area (Å²) in [5.74, 6) is -0.367.